The number of benzene rings is 1. The molecule has 17 heavy (non-hydrogen) atoms. The van der Waals surface area contributed by atoms with E-state index in [1.165, 1.54) is 12.5 Å². The van der Waals surface area contributed by atoms with Crippen LogP contribution in [0.4, 0.5) is 4.39 Å². The molecule has 1 heterocycles. The highest BCUT2D eigenvalue weighted by Gasteiger charge is 2.18. The van der Waals surface area contributed by atoms with E-state index >= 15 is 0 Å². The molecule has 1 aromatic rings. The molecular weight excluding hydrogens is 305 g/mol. The van der Waals surface area contributed by atoms with Gasteiger partial charge in [0, 0.05) is 11.8 Å². The van der Waals surface area contributed by atoms with Crippen molar-refractivity contribution < 1.29 is 9.18 Å². The molecule has 2 rings (SSSR count). The highest BCUT2D eigenvalue weighted by atomic mass is 79.9. The number of carbonyl (C=O) groups excluding carboxylic acids is 1. The van der Waals surface area contributed by atoms with Gasteiger partial charge in [0.25, 0.3) is 5.91 Å². The van der Waals surface area contributed by atoms with Crippen molar-refractivity contribution >= 4 is 33.6 Å². The normalized spacial score (nSPS) is 19.3. The van der Waals surface area contributed by atoms with Crippen LogP contribution in [0.15, 0.2) is 22.7 Å². The molecule has 1 amide bonds. The number of thioether (sulfide) groups is 1. The van der Waals surface area contributed by atoms with Crippen molar-refractivity contribution in [3.8, 4) is 0 Å². The Morgan fingerprint density at radius 2 is 2.41 bits per heavy atom. The van der Waals surface area contributed by atoms with Gasteiger partial charge >= 0.3 is 0 Å². The zero-order valence-corrected chi connectivity index (χ0v) is 11.6. The molecule has 1 saturated heterocycles. The number of hydrogen-bond donors (Lipinski definition) is 1. The molecule has 1 aliphatic rings. The first-order valence-electron chi connectivity index (χ1n) is 5.52. The smallest absolute Gasteiger partial charge is 0.254 e. The molecule has 1 aliphatic heterocycles. The van der Waals surface area contributed by atoms with Gasteiger partial charge in [-0.25, -0.2) is 4.39 Å². The van der Waals surface area contributed by atoms with Crippen molar-refractivity contribution in [2.45, 2.75) is 18.1 Å². The average molecular weight is 318 g/mol. The van der Waals surface area contributed by atoms with E-state index in [-0.39, 0.29) is 11.5 Å². The highest BCUT2D eigenvalue weighted by Crippen LogP contribution is 2.25. The molecule has 0 spiro atoms. The van der Waals surface area contributed by atoms with E-state index in [1.54, 1.807) is 12.1 Å². The summed E-state index contributed by atoms with van der Waals surface area (Å²) in [6.07, 6.45) is 2.34. The molecule has 5 heteroatoms. The lowest BCUT2D eigenvalue weighted by Crippen LogP contribution is -2.30. The Morgan fingerprint density at radius 3 is 3.12 bits per heavy atom. The van der Waals surface area contributed by atoms with Crippen molar-refractivity contribution in [3.63, 3.8) is 0 Å². The van der Waals surface area contributed by atoms with Gasteiger partial charge in [-0.15, -0.1) is 0 Å². The van der Waals surface area contributed by atoms with Gasteiger partial charge in [-0.2, -0.15) is 11.8 Å². The van der Waals surface area contributed by atoms with Gasteiger partial charge in [0.05, 0.1) is 10.0 Å². The summed E-state index contributed by atoms with van der Waals surface area (Å²) in [5.74, 6) is 0.326. The van der Waals surface area contributed by atoms with Crippen molar-refractivity contribution in [1.82, 2.24) is 5.32 Å². The van der Waals surface area contributed by atoms with E-state index in [0.717, 1.165) is 12.2 Å². The van der Waals surface area contributed by atoms with E-state index in [0.29, 0.717) is 16.3 Å². The molecule has 2 nitrogen and oxygen atoms in total. The lowest BCUT2D eigenvalue weighted by atomic mass is 10.2. The van der Waals surface area contributed by atoms with Crippen molar-refractivity contribution in [3.05, 3.63) is 34.1 Å². The minimum absolute atomic E-state index is 0.0994. The Hall–Kier alpha value is -0.550. The molecule has 1 fully saturated rings. The molecule has 0 radical (unpaired) electrons. The molecule has 0 saturated carbocycles. The summed E-state index contributed by atoms with van der Waals surface area (Å²) < 4.78 is 14.0. The van der Waals surface area contributed by atoms with Crippen molar-refractivity contribution in [1.29, 1.82) is 0 Å². The third-order valence-corrected chi connectivity index (χ3v) is 4.72. The van der Waals surface area contributed by atoms with Crippen LogP contribution in [-0.2, 0) is 0 Å². The Morgan fingerprint density at radius 1 is 1.59 bits per heavy atom. The van der Waals surface area contributed by atoms with Gasteiger partial charge < -0.3 is 5.32 Å². The molecule has 1 atom stereocenters. The van der Waals surface area contributed by atoms with Gasteiger partial charge in [-0.1, -0.05) is 6.07 Å². The van der Waals surface area contributed by atoms with Crippen LogP contribution in [0, 0.1) is 5.82 Å². The van der Waals surface area contributed by atoms with Crippen LogP contribution in [0.1, 0.15) is 23.2 Å². The van der Waals surface area contributed by atoms with Crippen LogP contribution in [0.2, 0.25) is 0 Å². The van der Waals surface area contributed by atoms with E-state index in [9.17, 15) is 9.18 Å². The van der Waals surface area contributed by atoms with Crippen LogP contribution < -0.4 is 5.32 Å². The number of nitrogens with one attached hydrogen (secondary N) is 1. The fraction of sp³-hybridized carbons (Fsp3) is 0.417. The molecule has 0 bridgehead atoms. The molecule has 0 aliphatic carbocycles. The summed E-state index contributed by atoms with van der Waals surface area (Å²) in [5.41, 5.74) is 0.0994. The topological polar surface area (TPSA) is 29.1 Å². The average Bonchev–Trinajstić information content (AvgIpc) is 2.82. The Labute approximate surface area is 112 Å². The summed E-state index contributed by atoms with van der Waals surface area (Å²) >= 11 is 4.94. The third-order valence-electron chi connectivity index (χ3n) is 2.71. The Balaban J connectivity index is 1.97. The minimum atomic E-state index is -0.496. The number of amides is 1. The summed E-state index contributed by atoms with van der Waals surface area (Å²) in [6, 6.07) is 4.74. The monoisotopic (exact) mass is 317 g/mol. The van der Waals surface area contributed by atoms with Gasteiger partial charge in [0.2, 0.25) is 0 Å². The van der Waals surface area contributed by atoms with Crippen molar-refractivity contribution in [2.75, 3.05) is 12.3 Å². The SMILES string of the molecule is O=C(NCC1CCCS1)c1cccc(Br)c1F. The van der Waals surface area contributed by atoms with Gasteiger partial charge in [0.15, 0.2) is 0 Å². The standard InChI is InChI=1S/C12H13BrFNOS/c13-10-5-1-4-9(11(10)14)12(16)15-7-8-3-2-6-17-8/h1,4-5,8H,2-3,6-7H2,(H,15,16). The first kappa shape index (κ1) is 12.9. The van der Waals surface area contributed by atoms with Crippen LogP contribution in [0.3, 0.4) is 0 Å². The molecule has 1 unspecified atom stereocenters. The maximum absolute atomic E-state index is 13.6. The van der Waals surface area contributed by atoms with E-state index in [1.807, 2.05) is 11.8 Å². The summed E-state index contributed by atoms with van der Waals surface area (Å²) in [5, 5.41) is 3.27. The zero-order chi connectivity index (χ0) is 12.3. The van der Waals surface area contributed by atoms with Gasteiger partial charge in [0.1, 0.15) is 5.82 Å². The second kappa shape index (κ2) is 5.87. The quantitative estimate of drug-likeness (QED) is 0.927. The highest BCUT2D eigenvalue weighted by molar-refractivity contribution is 9.10. The van der Waals surface area contributed by atoms with Gasteiger partial charge in [-0.05, 0) is 46.7 Å². The number of carbonyl (C=O) groups is 1. The number of halogens is 2. The first-order chi connectivity index (χ1) is 8.18. The number of hydrogen-bond acceptors (Lipinski definition) is 2. The lowest BCUT2D eigenvalue weighted by Gasteiger charge is -2.10. The molecular formula is C12H13BrFNOS. The second-order valence-corrected chi connectivity index (χ2v) is 6.21. The fourth-order valence-corrected chi connectivity index (χ4v) is 3.35. The second-order valence-electron chi connectivity index (χ2n) is 3.95. The molecule has 1 aromatic carbocycles. The summed E-state index contributed by atoms with van der Waals surface area (Å²) in [4.78, 5) is 11.8. The third kappa shape index (κ3) is 3.22. The summed E-state index contributed by atoms with van der Waals surface area (Å²) in [7, 11) is 0. The number of rotatable bonds is 3. The van der Waals surface area contributed by atoms with E-state index in [2.05, 4.69) is 21.2 Å². The molecule has 1 N–H and O–H groups in total. The van der Waals surface area contributed by atoms with Crippen molar-refractivity contribution in [2.24, 2.45) is 0 Å². The maximum Gasteiger partial charge on any atom is 0.254 e. The van der Waals surface area contributed by atoms with Gasteiger partial charge in [-0.3, -0.25) is 4.79 Å². The fourth-order valence-electron chi connectivity index (χ4n) is 1.79. The lowest BCUT2D eigenvalue weighted by molar-refractivity contribution is 0.0949. The van der Waals surface area contributed by atoms with E-state index < -0.39 is 5.82 Å². The van der Waals surface area contributed by atoms with Crippen LogP contribution >= 0.6 is 27.7 Å². The van der Waals surface area contributed by atoms with Crippen LogP contribution in [0.5, 0.6) is 0 Å². The van der Waals surface area contributed by atoms with E-state index in [4.69, 9.17) is 0 Å². The molecule has 0 aromatic heterocycles. The largest absolute Gasteiger partial charge is 0.351 e. The predicted octanol–water partition coefficient (Wildman–Crippen LogP) is 3.21. The Kier molecular flexibility index (Phi) is 4.45. The predicted molar refractivity (Wildman–Crippen MR) is 71.9 cm³/mol. The minimum Gasteiger partial charge on any atom is -0.351 e. The van der Waals surface area contributed by atoms with Crippen LogP contribution in [-0.4, -0.2) is 23.5 Å². The Bertz CT molecular complexity index is 421. The summed E-state index contributed by atoms with van der Waals surface area (Å²) in [6.45, 7) is 0.620. The first-order valence-corrected chi connectivity index (χ1v) is 7.36. The molecule has 92 valence electrons. The zero-order valence-electron chi connectivity index (χ0n) is 9.21. The van der Waals surface area contributed by atoms with Crippen LogP contribution in [0.25, 0.3) is 0 Å². The maximum atomic E-state index is 13.6.